The minimum Gasteiger partial charge on any atom is -0.480 e. The minimum absolute atomic E-state index is 0.231. The average molecular weight is 357 g/mol. The van der Waals surface area contributed by atoms with Crippen molar-refractivity contribution in [1.82, 2.24) is 0 Å². The lowest BCUT2D eigenvalue weighted by Crippen LogP contribution is -2.29. The summed E-state index contributed by atoms with van der Waals surface area (Å²) in [5, 5.41) is 9.39. The Bertz CT molecular complexity index is 1070. The van der Waals surface area contributed by atoms with Gasteiger partial charge in [0.15, 0.2) is 11.6 Å². The van der Waals surface area contributed by atoms with Gasteiger partial charge in [-0.15, -0.1) is 0 Å². The van der Waals surface area contributed by atoms with Gasteiger partial charge in [-0.25, -0.2) is 0 Å². The van der Waals surface area contributed by atoms with Crippen molar-refractivity contribution in [3.8, 4) is 0 Å². The molecular formula is C22H15NO4. The monoisotopic (exact) mass is 357 g/mol. The summed E-state index contributed by atoms with van der Waals surface area (Å²) in [5.74, 6) is -1.54. The number of nitrogens with zero attached hydrogens (tertiary/aromatic N) is 1. The van der Waals surface area contributed by atoms with Crippen molar-refractivity contribution in [2.24, 2.45) is 0 Å². The maximum atomic E-state index is 13.2. The van der Waals surface area contributed by atoms with Gasteiger partial charge in [0.2, 0.25) is 0 Å². The lowest BCUT2D eigenvalue weighted by molar-refractivity contribution is -0.135. The number of hydrogen-bond acceptors (Lipinski definition) is 4. The second-order valence-electron chi connectivity index (χ2n) is 6.22. The van der Waals surface area contributed by atoms with E-state index in [1.165, 1.54) is 0 Å². The van der Waals surface area contributed by atoms with Crippen LogP contribution in [0.25, 0.3) is 0 Å². The van der Waals surface area contributed by atoms with Crippen molar-refractivity contribution >= 4 is 28.9 Å². The molecule has 4 rings (SSSR count). The zero-order valence-corrected chi connectivity index (χ0v) is 14.3. The first-order chi connectivity index (χ1) is 13.1. The largest absolute Gasteiger partial charge is 0.480 e. The molecule has 0 aromatic heterocycles. The number of benzene rings is 3. The van der Waals surface area contributed by atoms with E-state index in [0.717, 1.165) is 0 Å². The number of hydrogen-bond donors (Lipinski definition) is 1. The molecule has 0 heterocycles. The van der Waals surface area contributed by atoms with Gasteiger partial charge in [-0.2, -0.15) is 0 Å². The number of anilines is 2. The van der Waals surface area contributed by atoms with Crippen LogP contribution in [0.2, 0.25) is 0 Å². The number of rotatable bonds is 4. The topological polar surface area (TPSA) is 74.7 Å². The van der Waals surface area contributed by atoms with Gasteiger partial charge in [-0.1, -0.05) is 54.6 Å². The Morgan fingerprint density at radius 2 is 1.33 bits per heavy atom. The fraction of sp³-hybridized carbons (Fsp3) is 0.0455. The van der Waals surface area contributed by atoms with E-state index in [2.05, 4.69) is 0 Å². The van der Waals surface area contributed by atoms with E-state index >= 15 is 0 Å². The van der Waals surface area contributed by atoms with Gasteiger partial charge in [-0.3, -0.25) is 14.4 Å². The van der Waals surface area contributed by atoms with Gasteiger partial charge in [0.1, 0.15) is 6.54 Å². The van der Waals surface area contributed by atoms with Crippen LogP contribution in [0.5, 0.6) is 0 Å². The third-order valence-electron chi connectivity index (χ3n) is 4.58. The highest BCUT2D eigenvalue weighted by molar-refractivity contribution is 6.30. The fourth-order valence-corrected chi connectivity index (χ4v) is 3.41. The summed E-state index contributed by atoms with van der Waals surface area (Å²) in [6.07, 6.45) is 0. The van der Waals surface area contributed by atoms with Gasteiger partial charge in [0, 0.05) is 22.4 Å². The molecule has 5 nitrogen and oxygen atoms in total. The summed E-state index contributed by atoms with van der Waals surface area (Å²) in [7, 11) is 0. The van der Waals surface area contributed by atoms with Crippen LogP contribution >= 0.6 is 0 Å². The van der Waals surface area contributed by atoms with Crippen molar-refractivity contribution in [3.05, 3.63) is 95.1 Å². The molecule has 0 bridgehead atoms. The molecule has 3 aromatic rings. The molecule has 1 N–H and O–H groups in total. The zero-order chi connectivity index (χ0) is 19.0. The summed E-state index contributed by atoms with van der Waals surface area (Å²) >= 11 is 0. The molecule has 0 unspecified atom stereocenters. The number of carboxylic acids is 1. The molecule has 132 valence electrons. The molecule has 0 amide bonds. The molecule has 0 atom stereocenters. The van der Waals surface area contributed by atoms with Crippen LogP contribution in [0.1, 0.15) is 31.8 Å². The van der Waals surface area contributed by atoms with Crippen LogP contribution in [0, 0.1) is 0 Å². The Labute approximate surface area is 155 Å². The van der Waals surface area contributed by atoms with Crippen LogP contribution in [-0.2, 0) is 4.79 Å². The van der Waals surface area contributed by atoms with Crippen molar-refractivity contribution < 1.29 is 19.5 Å². The van der Waals surface area contributed by atoms with Gasteiger partial charge in [0.05, 0.1) is 11.3 Å². The second kappa shape index (κ2) is 6.53. The first-order valence-corrected chi connectivity index (χ1v) is 8.44. The van der Waals surface area contributed by atoms with Gasteiger partial charge in [0.25, 0.3) is 0 Å². The number of carbonyl (C=O) groups is 3. The Balaban J connectivity index is 1.94. The number of fused-ring (bicyclic) bond motifs is 2. The molecule has 0 aliphatic heterocycles. The zero-order valence-electron chi connectivity index (χ0n) is 14.3. The lowest BCUT2D eigenvalue weighted by Gasteiger charge is -2.28. The van der Waals surface area contributed by atoms with E-state index < -0.39 is 5.97 Å². The van der Waals surface area contributed by atoms with E-state index in [9.17, 15) is 19.5 Å². The highest BCUT2D eigenvalue weighted by Gasteiger charge is 2.33. The predicted molar refractivity (Wildman–Crippen MR) is 101 cm³/mol. The molecule has 1 aliphatic rings. The summed E-state index contributed by atoms with van der Waals surface area (Å²) in [6, 6.07) is 20.6. The maximum absolute atomic E-state index is 13.2. The van der Waals surface area contributed by atoms with Crippen molar-refractivity contribution in [2.75, 3.05) is 11.4 Å². The molecule has 27 heavy (non-hydrogen) atoms. The highest BCUT2D eigenvalue weighted by atomic mass is 16.4. The average Bonchev–Trinajstić information content (AvgIpc) is 2.70. The predicted octanol–water partition coefficient (Wildman–Crippen LogP) is 3.68. The number of para-hydroxylation sites is 1. The van der Waals surface area contributed by atoms with E-state index in [4.69, 9.17) is 0 Å². The SMILES string of the molecule is O=C(O)CN(c1ccccc1)c1cccc2c1C(=O)c1ccccc1C2=O. The first kappa shape index (κ1) is 16.7. The lowest BCUT2D eigenvalue weighted by atomic mass is 9.83. The van der Waals surface area contributed by atoms with Crippen molar-refractivity contribution in [3.63, 3.8) is 0 Å². The molecule has 0 saturated heterocycles. The van der Waals surface area contributed by atoms with Crippen molar-refractivity contribution in [2.45, 2.75) is 0 Å². The van der Waals surface area contributed by atoms with Gasteiger partial charge in [-0.05, 0) is 18.2 Å². The third kappa shape index (κ3) is 2.79. The van der Waals surface area contributed by atoms with Crippen LogP contribution in [-0.4, -0.2) is 29.2 Å². The molecule has 0 saturated carbocycles. The number of carboxylic acid groups (broad SMARTS) is 1. The van der Waals surface area contributed by atoms with E-state index in [-0.39, 0.29) is 23.7 Å². The van der Waals surface area contributed by atoms with E-state index in [1.54, 1.807) is 71.6 Å². The molecule has 3 aromatic carbocycles. The highest BCUT2D eigenvalue weighted by Crippen LogP contribution is 2.36. The minimum atomic E-state index is -1.04. The van der Waals surface area contributed by atoms with Gasteiger partial charge < -0.3 is 10.0 Å². The van der Waals surface area contributed by atoms with Crippen molar-refractivity contribution in [1.29, 1.82) is 0 Å². The molecule has 1 aliphatic carbocycles. The first-order valence-electron chi connectivity index (χ1n) is 8.44. The Kier molecular flexibility index (Phi) is 4.05. The standard InChI is InChI=1S/C22H15NO4/c24-19(25)13-23(14-7-2-1-3-8-14)18-12-6-11-17-20(18)22(27)16-10-5-4-9-15(16)21(17)26/h1-12H,13H2,(H,24,25). The summed E-state index contributed by atoms with van der Waals surface area (Å²) in [5.41, 5.74) is 2.29. The van der Waals surface area contributed by atoms with Crippen LogP contribution in [0.15, 0.2) is 72.8 Å². The van der Waals surface area contributed by atoms with Crippen LogP contribution < -0.4 is 4.90 Å². The Morgan fingerprint density at radius 3 is 2.00 bits per heavy atom. The fourth-order valence-electron chi connectivity index (χ4n) is 3.41. The second-order valence-corrected chi connectivity index (χ2v) is 6.22. The Morgan fingerprint density at radius 1 is 0.741 bits per heavy atom. The molecule has 5 heteroatoms. The molecule has 0 radical (unpaired) electrons. The summed E-state index contributed by atoms with van der Waals surface area (Å²) < 4.78 is 0. The number of ketones is 2. The maximum Gasteiger partial charge on any atom is 0.323 e. The normalized spacial score (nSPS) is 12.3. The van der Waals surface area contributed by atoms with E-state index in [0.29, 0.717) is 28.1 Å². The summed E-state index contributed by atoms with van der Waals surface area (Å²) in [4.78, 5) is 39.1. The number of aliphatic carboxylic acids is 1. The molecule has 0 fully saturated rings. The van der Waals surface area contributed by atoms with Crippen LogP contribution in [0.4, 0.5) is 11.4 Å². The summed E-state index contributed by atoms with van der Waals surface area (Å²) in [6.45, 7) is -0.330. The van der Waals surface area contributed by atoms with Crippen LogP contribution in [0.3, 0.4) is 0 Å². The molecular weight excluding hydrogens is 342 g/mol. The quantitative estimate of drug-likeness (QED) is 0.603. The molecule has 0 spiro atoms. The number of carbonyl (C=O) groups excluding carboxylic acids is 2. The smallest absolute Gasteiger partial charge is 0.323 e. The van der Waals surface area contributed by atoms with E-state index in [1.807, 2.05) is 6.07 Å². The Hall–Kier alpha value is -3.73. The third-order valence-corrected chi connectivity index (χ3v) is 4.58. The van der Waals surface area contributed by atoms with Gasteiger partial charge >= 0.3 is 5.97 Å².